The minimum Gasteiger partial charge on any atom is -0.431 e. The fraction of sp³-hybridized carbons (Fsp3) is 0.192. The summed E-state index contributed by atoms with van der Waals surface area (Å²) in [7, 11) is 1.76. The fourth-order valence-corrected chi connectivity index (χ4v) is 4.26. The second kappa shape index (κ2) is 8.11. The van der Waals surface area contributed by atoms with E-state index < -0.39 is 34.4 Å². The Morgan fingerprint density at radius 2 is 1.83 bits per heavy atom. The lowest BCUT2D eigenvalue weighted by Gasteiger charge is -2.12. The summed E-state index contributed by atoms with van der Waals surface area (Å²) in [6.45, 7) is 1.15. The van der Waals surface area contributed by atoms with Gasteiger partial charge in [-0.1, -0.05) is 6.07 Å². The van der Waals surface area contributed by atoms with Gasteiger partial charge in [-0.05, 0) is 61.2 Å². The first kappa shape index (κ1) is 22.1. The lowest BCUT2D eigenvalue weighted by atomic mass is 9.97. The Morgan fingerprint density at radius 1 is 1.03 bits per heavy atom. The Labute approximate surface area is 202 Å². The van der Waals surface area contributed by atoms with Crippen LogP contribution in [0.2, 0.25) is 0 Å². The summed E-state index contributed by atoms with van der Waals surface area (Å²) in [5, 5.41) is 8.03. The number of Topliss-reactive ketones (excluding diaryl/α,β-unsaturated/α-hetero) is 1. The van der Waals surface area contributed by atoms with Gasteiger partial charge in [-0.3, -0.25) is 4.79 Å². The summed E-state index contributed by atoms with van der Waals surface area (Å²) < 4.78 is 50.6. The Balaban J connectivity index is 1.55. The van der Waals surface area contributed by atoms with Gasteiger partial charge >= 0.3 is 0 Å². The Hall–Kier alpha value is -4.34. The number of halogens is 3. The van der Waals surface area contributed by atoms with E-state index in [0.29, 0.717) is 28.2 Å². The van der Waals surface area contributed by atoms with Gasteiger partial charge in [0.25, 0.3) is 0 Å². The first-order valence-corrected chi connectivity index (χ1v) is 11.3. The molecular weight excluding hydrogens is 471 g/mol. The molecule has 0 aliphatic heterocycles. The molecule has 0 saturated heterocycles. The number of carbonyl (C=O) groups excluding carboxylic acids is 1. The normalized spacial score (nSPS) is 13.5. The van der Waals surface area contributed by atoms with Crippen LogP contribution in [-0.4, -0.2) is 30.5 Å². The van der Waals surface area contributed by atoms with Gasteiger partial charge in [-0.2, -0.15) is 4.39 Å². The van der Waals surface area contributed by atoms with Crippen molar-refractivity contribution in [3.8, 4) is 34.1 Å². The number of carbonyl (C=O) groups is 1. The highest BCUT2D eigenvalue weighted by molar-refractivity contribution is 5.97. The van der Waals surface area contributed by atoms with Gasteiger partial charge in [0.15, 0.2) is 23.0 Å². The zero-order chi connectivity index (χ0) is 25.1. The monoisotopic (exact) mass is 489 g/mol. The van der Waals surface area contributed by atoms with Crippen LogP contribution in [0, 0.1) is 17.5 Å². The smallest absolute Gasteiger partial charge is 0.246 e. The lowest BCUT2D eigenvalue weighted by Crippen LogP contribution is -2.00. The quantitative estimate of drug-likeness (QED) is 0.288. The molecule has 0 atom stereocenters. The van der Waals surface area contributed by atoms with Crippen LogP contribution in [-0.2, 0) is 7.05 Å². The number of rotatable bonds is 5. The molecule has 180 valence electrons. The van der Waals surface area contributed by atoms with Crippen molar-refractivity contribution in [3.05, 3.63) is 71.4 Å². The van der Waals surface area contributed by atoms with E-state index in [2.05, 4.69) is 20.2 Å². The molecule has 1 aliphatic carbocycles. The number of benzene rings is 2. The largest absolute Gasteiger partial charge is 0.431 e. The van der Waals surface area contributed by atoms with E-state index >= 15 is 0 Å². The molecule has 2 aromatic carbocycles. The van der Waals surface area contributed by atoms with Crippen LogP contribution in [0.25, 0.3) is 45.2 Å². The molecule has 6 rings (SSSR count). The number of aromatic nitrogens is 5. The van der Waals surface area contributed by atoms with E-state index in [-0.39, 0.29) is 17.3 Å². The van der Waals surface area contributed by atoms with E-state index in [9.17, 15) is 18.0 Å². The van der Waals surface area contributed by atoms with Gasteiger partial charge in [0.2, 0.25) is 11.7 Å². The minimum atomic E-state index is -1.28. The highest BCUT2D eigenvalue weighted by atomic mass is 19.2. The van der Waals surface area contributed by atoms with Crippen LogP contribution in [0.5, 0.6) is 0 Å². The predicted octanol–water partition coefficient (Wildman–Crippen LogP) is 5.85. The lowest BCUT2D eigenvalue weighted by molar-refractivity contribution is 0.101. The summed E-state index contributed by atoms with van der Waals surface area (Å²) in [5.41, 5.74) is 2.23. The Morgan fingerprint density at radius 3 is 2.53 bits per heavy atom. The maximum absolute atomic E-state index is 14.7. The number of pyridine rings is 1. The van der Waals surface area contributed by atoms with E-state index in [4.69, 9.17) is 4.42 Å². The van der Waals surface area contributed by atoms with Crippen molar-refractivity contribution in [2.75, 3.05) is 0 Å². The van der Waals surface area contributed by atoms with Crippen molar-refractivity contribution in [2.24, 2.45) is 7.05 Å². The number of ketones is 1. The zero-order valence-electron chi connectivity index (χ0n) is 19.2. The highest BCUT2D eigenvalue weighted by Crippen LogP contribution is 2.42. The van der Waals surface area contributed by atoms with Crippen LogP contribution in [0.1, 0.15) is 41.7 Å². The number of aryl methyl sites for hydroxylation is 1. The number of hydrogen-bond acceptors (Lipinski definition) is 6. The topological polar surface area (TPSA) is 86.7 Å². The third-order valence-corrected chi connectivity index (χ3v) is 6.25. The van der Waals surface area contributed by atoms with E-state index in [0.717, 1.165) is 25.5 Å². The van der Waals surface area contributed by atoms with Gasteiger partial charge in [0, 0.05) is 24.2 Å². The second-order valence-electron chi connectivity index (χ2n) is 8.87. The molecule has 0 N–H and O–H groups in total. The predicted molar refractivity (Wildman–Crippen MR) is 125 cm³/mol. The fourth-order valence-electron chi connectivity index (χ4n) is 4.26. The molecular formula is C26H18F3N5O2. The SMILES string of the molecule is CC(=O)c1cc2nc(-c3cc(-c4ccc(F)cc4-c4nncn4C)cc(C4CC4)n3)oc2c(F)c1F. The Kier molecular flexibility index (Phi) is 4.99. The van der Waals surface area contributed by atoms with Crippen molar-refractivity contribution in [1.29, 1.82) is 0 Å². The van der Waals surface area contributed by atoms with Gasteiger partial charge in [-0.25, -0.2) is 18.7 Å². The zero-order valence-corrected chi connectivity index (χ0v) is 19.2. The molecule has 0 amide bonds. The first-order valence-electron chi connectivity index (χ1n) is 11.3. The molecule has 0 radical (unpaired) electrons. The minimum absolute atomic E-state index is 0.0100. The number of oxazole rings is 1. The van der Waals surface area contributed by atoms with E-state index in [1.165, 1.54) is 24.5 Å². The molecule has 10 heteroatoms. The highest BCUT2D eigenvalue weighted by Gasteiger charge is 2.28. The average Bonchev–Trinajstić information content (AvgIpc) is 3.48. The molecule has 3 aromatic heterocycles. The van der Waals surface area contributed by atoms with Crippen molar-refractivity contribution in [1.82, 2.24) is 24.7 Å². The molecule has 0 bridgehead atoms. The van der Waals surface area contributed by atoms with E-state index in [1.807, 2.05) is 6.07 Å². The molecule has 1 saturated carbocycles. The van der Waals surface area contributed by atoms with Crippen molar-refractivity contribution < 1.29 is 22.4 Å². The molecule has 36 heavy (non-hydrogen) atoms. The van der Waals surface area contributed by atoms with Crippen LogP contribution < -0.4 is 0 Å². The van der Waals surface area contributed by atoms with Gasteiger partial charge < -0.3 is 8.98 Å². The molecule has 1 fully saturated rings. The van der Waals surface area contributed by atoms with Crippen molar-refractivity contribution in [3.63, 3.8) is 0 Å². The molecule has 3 heterocycles. The van der Waals surface area contributed by atoms with Crippen LogP contribution in [0.3, 0.4) is 0 Å². The molecule has 5 aromatic rings. The summed E-state index contributed by atoms with van der Waals surface area (Å²) in [6.07, 6.45) is 3.45. The maximum atomic E-state index is 14.7. The molecule has 0 unspecified atom stereocenters. The van der Waals surface area contributed by atoms with Crippen molar-refractivity contribution >= 4 is 16.9 Å². The molecule has 7 nitrogen and oxygen atoms in total. The standard InChI is InChI=1S/C26H18F3N5O2/c1-12(35)17-10-20-24(23(29)22(17)28)36-26(32-20)21-8-14(7-19(31-21)13-3-4-13)16-6-5-15(27)9-18(16)25-33-30-11-34(25)2/h5-11,13H,3-4H2,1-2H3. The van der Waals surface area contributed by atoms with E-state index in [1.54, 1.807) is 23.7 Å². The number of fused-ring (bicyclic) bond motifs is 1. The summed E-state index contributed by atoms with van der Waals surface area (Å²) in [4.78, 5) is 20.7. The van der Waals surface area contributed by atoms with Gasteiger partial charge in [-0.15, -0.1) is 10.2 Å². The average molecular weight is 489 g/mol. The maximum Gasteiger partial charge on any atom is 0.246 e. The van der Waals surface area contributed by atoms with Crippen LogP contribution >= 0.6 is 0 Å². The summed E-state index contributed by atoms with van der Waals surface area (Å²) >= 11 is 0. The van der Waals surface area contributed by atoms with Crippen molar-refractivity contribution in [2.45, 2.75) is 25.7 Å². The van der Waals surface area contributed by atoms with Gasteiger partial charge in [0.05, 0.1) is 5.56 Å². The first-order chi connectivity index (χ1) is 17.3. The summed E-state index contributed by atoms with van der Waals surface area (Å²) in [5.74, 6) is -2.91. The molecule has 0 spiro atoms. The third kappa shape index (κ3) is 3.65. The summed E-state index contributed by atoms with van der Waals surface area (Å²) in [6, 6.07) is 9.18. The second-order valence-corrected chi connectivity index (χ2v) is 8.87. The molecule has 1 aliphatic rings. The Bertz CT molecular complexity index is 1690. The van der Waals surface area contributed by atoms with Crippen LogP contribution in [0.15, 0.2) is 47.1 Å². The van der Waals surface area contributed by atoms with Gasteiger partial charge in [0.1, 0.15) is 23.4 Å². The van der Waals surface area contributed by atoms with Crippen LogP contribution in [0.4, 0.5) is 13.2 Å². The number of hydrogen-bond donors (Lipinski definition) is 0. The number of nitrogens with zero attached hydrogens (tertiary/aromatic N) is 5. The third-order valence-electron chi connectivity index (χ3n) is 6.25.